The lowest BCUT2D eigenvalue weighted by Crippen LogP contribution is -2.74. The number of carbonyl (C=O) groups excluding carboxylic acids is 1. The molecule has 1 fully saturated rings. The van der Waals surface area contributed by atoms with Crippen LogP contribution in [0.5, 0.6) is 0 Å². The van der Waals surface area contributed by atoms with Crippen molar-refractivity contribution < 1.29 is 22.7 Å². The Morgan fingerprint density at radius 1 is 1.19 bits per heavy atom. The summed E-state index contributed by atoms with van der Waals surface area (Å²) in [4.78, 5) is 14.6. The Kier molecular flexibility index (Phi) is 3.62. The van der Waals surface area contributed by atoms with Crippen molar-refractivity contribution in [2.45, 2.75) is 49.5 Å². The number of allylic oxidation sites excluding steroid dienone is 1. The minimum atomic E-state index is -3.79. The zero-order chi connectivity index (χ0) is 18.9. The number of methoxy groups -OCH3 is 1. The number of ether oxygens (including phenoxy) is 2. The van der Waals surface area contributed by atoms with E-state index in [1.54, 1.807) is 42.2 Å². The number of β-lactam (4-membered cyclic amide) rings is 1. The third kappa shape index (κ3) is 2.07. The van der Waals surface area contributed by atoms with Crippen LogP contribution in [0, 0.1) is 0 Å². The molecule has 0 aliphatic carbocycles. The molecule has 1 amide bonds. The van der Waals surface area contributed by atoms with Gasteiger partial charge in [0.05, 0.1) is 10.9 Å². The molecule has 7 heteroatoms. The minimum Gasteiger partial charge on any atom is -0.484 e. The second-order valence-electron chi connectivity index (χ2n) is 7.16. The molecule has 1 unspecified atom stereocenters. The highest BCUT2D eigenvalue weighted by Gasteiger charge is 2.64. The summed E-state index contributed by atoms with van der Waals surface area (Å²) in [7, 11) is -2.30. The largest absolute Gasteiger partial charge is 0.484 e. The summed E-state index contributed by atoms with van der Waals surface area (Å²) >= 11 is 0. The van der Waals surface area contributed by atoms with Gasteiger partial charge in [-0.1, -0.05) is 18.2 Å². The molecule has 0 aromatic heterocycles. The number of fused-ring (bicyclic) bond motifs is 3. The van der Waals surface area contributed by atoms with Gasteiger partial charge in [0, 0.05) is 7.11 Å². The molecular weight excluding hydrogens is 354 g/mol. The van der Waals surface area contributed by atoms with Crippen LogP contribution in [0.15, 0.2) is 57.5 Å². The zero-order valence-electron chi connectivity index (χ0n) is 15.1. The van der Waals surface area contributed by atoms with Crippen LogP contribution >= 0.6 is 0 Å². The van der Waals surface area contributed by atoms with E-state index in [0.29, 0.717) is 5.76 Å². The number of hydrogen-bond acceptors (Lipinski definition) is 5. The first-order valence-corrected chi connectivity index (χ1v) is 9.95. The van der Waals surface area contributed by atoms with Crippen LogP contribution in [0.25, 0.3) is 0 Å². The number of sulfone groups is 1. The fraction of sp³-hybridized carbons (Fsp3) is 0.421. The Morgan fingerprint density at radius 2 is 1.85 bits per heavy atom. The van der Waals surface area contributed by atoms with Gasteiger partial charge in [0.25, 0.3) is 5.91 Å². The monoisotopic (exact) mass is 375 g/mol. The summed E-state index contributed by atoms with van der Waals surface area (Å²) < 4.78 is 38.0. The van der Waals surface area contributed by atoms with Crippen LogP contribution in [0.2, 0.25) is 0 Å². The molecule has 0 bridgehead atoms. The van der Waals surface area contributed by atoms with Crippen molar-refractivity contribution in [1.29, 1.82) is 0 Å². The maximum Gasteiger partial charge on any atom is 0.255 e. The highest BCUT2D eigenvalue weighted by atomic mass is 32.2. The number of rotatable bonds is 3. The van der Waals surface area contributed by atoms with Crippen molar-refractivity contribution in [2.75, 3.05) is 7.11 Å². The van der Waals surface area contributed by atoms with Crippen molar-refractivity contribution in [3.8, 4) is 0 Å². The average Bonchev–Trinajstić information content (AvgIpc) is 2.84. The number of amides is 1. The molecule has 4 rings (SSSR count). The molecule has 0 radical (unpaired) electrons. The Balaban J connectivity index is 1.86. The van der Waals surface area contributed by atoms with Crippen LogP contribution in [0.3, 0.4) is 0 Å². The van der Waals surface area contributed by atoms with Crippen LogP contribution in [0.1, 0.15) is 20.8 Å². The molecule has 0 N–H and O–H groups in total. The standard InChI is InChI=1S/C19H21NO5S/c1-11-10-19(3)17(20-14(11)15(24-4)18(20)21)16(12(2)25-19)26(22,23)13-8-6-5-7-9-13/h5-10,14-15,17H,1-4H3/t14-,15-,17?,19+/m1/s1. The van der Waals surface area contributed by atoms with E-state index >= 15 is 0 Å². The summed E-state index contributed by atoms with van der Waals surface area (Å²) in [5.74, 6) is 0.125. The van der Waals surface area contributed by atoms with Gasteiger partial charge in [-0.15, -0.1) is 0 Å². The summed E-state index contributed by atoms with van der Waals surface area (Å²) in [5.41, 5.74) is 0.0392. The van der Waals surface area contributed by atoms with E-state index in [1.165, 1.54) is 7.11 Å². The normalized spacial score (nSPS) is 33.2. The summed E-state index contributed by atoms with van der Waals surface area (Å²) in [5, 5.41) is 0. The van der Waals surface area contributed by atoms with Gasteiger partial charge < -0.3 is 14.4 Å². The highest BCUT2D eigenvalue weighted by molar-refractivity contribution is 7.95. The van der Waals surface area contributed by atoms with Gasteiger partial charge in [-0.05, 0) is 44.6 Å². The fourth-order valence-corrected chi connectivity index (χ4v) is 6.29. The van der Waals surface area contributed by atoms with E-state index in [0.717, 1.165) is 5.57 Å². The molecule has 3 aliphatic heterocycles. The molecular formula is C19H21NO5S. The van der Waals surface area contributed by atoms with E-state index in [4.69, 9.17) is 9.47 Å². The van der Waals surface area contributed by atoms with Gasteiger partial charge >= 0.3 is 0 Å². The van der Waals surface area contributed by atoms with Crippen molar-refractivity contribution in [1.82, 2.24) is 4.90 Å². The maximum absolute atomic E-state index is 13.3. The average molecular weight is 375 g/mol. The van der Waals surface area contributed by atoms with E-state index in [1.807, 2.05) is 19.9 Å². The number of hydrogen-bond donors (Lipinski definition) is 0. The Morgan fingerprint density at radius 3 is 2.46 bits per heavy atom. The van der Waals surface area contributed by atoms with Crippen LogP contribution < -0.4 is 0 Å². The second kappa shape index (κ2) is 5.44. The molecule has 1 saturated heterocycles. The smallest absolute Gasteiger partial charge is 0.255 e. The molecule has 3 heterocycles. The minimum absolute atomic E-state index is 0.155. The Bertz CT molecular complexity index is 949. The molecule has 3 aliphatic rings. The third-order valence-electron chi connectivity index (χ3n) is 5.45. The molecule has 0 saturated carbocycles. The quantitative estimate of drug-likeness (QED) is 0.597. The van der Waals surface area contributed by atoms with Gasteiger partial charge in [0.1, 0.15) is 22.3 Å². The first-order valence-electron chi connectivity index (χ1n) is 8.46. The summed E-state index contributed by atoms with van der Waals surface area (Å²) in [6.45, 7) is 5.39. The molecule has 26 heavy (non-hydrogen) atoms. The van der Waals surface area contributed by atoms with E-state index < -0.39 is 27.6 Å². The van der Waals surface area contributed by atoms with E-state index in [-0.39, 0.29) is 21.7 Å². The highest BCUT2D eigenvalue weighted by Crippen LogP contribution is 2.50. The molecule has 1 aromatic carbocycles. The Hall–Kier alpha value is -2.12. The predicted molar refractivity (Wildman–Crippen MR) is 94.8 cm³/mol. The van der Waals surface area contributed by atoms with Crippen LogP contribution in [0.4, 0.5) is 0 Å². The van der Waals surface area contributed by atoms with Gasteiger partial charge in [-0.2, -0.15) is 0 Å². The van der Waals surface area contributed by atoms with E-state index in [9.17, 15) is 13.2 Å². The lowest BCUT2D eigenvalue weighted by atomic mass is 9.78. The lowest BCUT2D eigenvalue weighted by molar-refractivity contribution is -0.177. The topological polar surface area (TPSA) is 72.9 Å². The maximum atomic E-state index is 13.3. The van der Waals surface area contributed by atoms with Crippen molar-refractivity contribution in [3.05, 3.63) is 52.6 Å². The fourth-order valence-electron chi connectivity index (χ4n) is 4.46. The van der Waals surface area contributed by atoms with Crippen molar-refractivity contribution in [3.63, 3.8) is 0 Å². The number of nitrogens with zero attached hydrogens (tertiary/aromatic N) is 1. The second-order valence-corrected chi connectivity index (χ2v) is 9.08. The number of benzene rings is 1. The van der Waals surface area contributed by atoms with Gasteiger partial charge in [0.15, 0.2) is 6.10 Å². The molecule has 4 atom stereocenters. The first-order chi connectivity index (χ1) is 12.2. The molecule has 1 aromatic rings. The number of carbonyl (C=O) groups is 1. The zero-order valence-corrected chi connectivity index (χ0v) is 15.9. The summed E-state index contributed by atoms with van der Waals surface area (Å²) in [6, 6.07) is 7.29. The molecule has 0 spiro atoms. The van der Waals surface area contributed by atoms with Crippen LogP contribution in [-0.4, -0.2) is 50.1 Å². The lowest BCUT2D eigenvalue weighted by Gasteiger charge is -2.55. The van der Waals surface area contributed by atoms with Gasteiger partial charge in [-0.3, -0.25) is 4.79 Å². The first kappa shape index (κ1) is 17.3. The molecule has 138 valence electrons. The third-order valence-corrected chi connectivity index (χ3v) is 7.43. The Labute approximate surface area is 153 Å². The van der Waals surface area contributed by atoms with Gasteiger partial charge in [-0.25, -0.2) is 8.42 Å². The molecule has 6 nitrogen and oxygen atoms in total. The van der Waals surface area contributed by atoms with Gasteiger partial charge in [0.2, 0.25) is 9.84 Å². The summed E-state index contributed by atoms with van der Waals surface area (Å²) in [6.07, 6.45) is 1.35. The van der Waals surface area contributed by atoms with Crippen LogP contribution in [-0.2, 0) is 24.1 Å². The SMILES string of the molecule is CO[C@H]1C(=O)N2C3C(S(=O)(=O)c4ccccc4)=C(C)O[C@@]3(C)C=C(C)[C@H]12. The van der Waals surface area contributed by atoms with E-state index in [2.05, 4.69) is 0 Å². The van der Waals surface area contributed by atoms with Crippen molar-refractivity contribution in [2.24, 2.45) is 0 Å². The predicted octanol–water partition coefficient (Wildman–Crippen LogP) is 2.04. The van der Waals surface area contributed by atoms with Crippen molar-refractivity contribution >= 4 is 15.7 Å².